The van der Waals surface area contributed by atoms with Crippen LogP contribution in [0, 0.1) is 16.0 Å². The fraction of sp³-hybridized carbons (Fsp3) is 0.467. The number of halogens is 1. The lowest BCUT2D eigenvalue weighted by Crippen LogP contribution is -2.31. The molecule has 1 aliphatic heterocycles. The van der Waals surface area contributed by atoms with Crippen LogP contribution in [0.25, 0.3) is 0 Å². The van der Waals surface area contributed by atoms with E-state index in [1.165, 1.54) is 12.1 Å². The summed E-state index contributed by atoms with van der Waals surface area (Å²) in [6, 6.07) is 4.34. The summed E-state index contributed by atoms with van der Waals surface area (Å²) in [5.74, 6) is -0.933. The molecule has 1 aliphatic rings. The largest absolute Gasteiger partial charge is 0.466 e. The van der Waals surface area contributed by atoms with Crippen LogP contribution >= 0.6 is 11.6 Å². The number of nitrogens with one attached hydrogen (secondary N) is 1. The van der Waals surface area contributed by atoms with Crippen LogP contribution < -0.4 is 5.32 Å². The van der Waals surface area contributed by atoms with E-state index in [1.807, 2.05) is 0 Å². The highest BCUT2D eigenvalue weighted by atomic mass is 35.5. The Labute approximate surface area is 143 Å². The number of nitro groups is 1. The van der Waals surface area contributed by atoms with Crippen molar-refractivity contribution in [3.63, 3.8) is 0 Å². The van der Waals surface area contributed by atoms with E-state index >= 15 is 0 Å². The van der Waals surface area contributed by atoms with Gasteiger partial charge in [0.15, 0.2) is 0 Å². The predicted molar refractivity (Wildman–Crippen MR) is 87.9 cm³/mol. The highest BCUT2D eigenvalue weighted by Gasteiger charge is 2.34. The van der Waals surface area contributed by atoms with E-state index in [1.54, 1.807) is 17.9 Å². The molecule has 8 nitrogen and oxygen atoms in total. The molecule has 1 N–H and O–H groups in total. The van der Waals surface area contributed by atoms with E-state index in [9.17, 15) is 19.7 Å². The zero-order valence-corrected chi connectivity index (χ0v) is 13.9. The summed E-state index contributed by atoms with van der Waals surface area (Å²) in [6.07, 6.45) is 0.139. The highest BCUT2D eigenvalue weighted by Crippen LogP contribution is 2.27. The van der Waals surface area contributed by atoms with Crippen molar-refractivity contribution >= 4 is 34.9 Å². The lowest BCUT2D eigenvalue weighted by atomic mass is 10.1. The second-order valence-electron chi connectivity index (χ2n) is 5.34. The summed E-state index contributed by atoms with van der Waals surface area (Å²) in [6.45, 7) is 2.97. The maximum Gasteiger partial charge on any atom is 0.311 e. The molecule has 2 rings (SSSR count). The summed E-state index contributed by atoms with van der Waals surface area (Å²) in [5.41, 5.74) is 0.206. The van der Waals surface area contributed by atoms with Gasteiger partial charge < -0.3 is 15.0 Å². The Hall–Kier alpha value is -2.35. The number of carbonyl (C=O) groups excluding carboxylic acids is 2. The minimum absolute atomic E-state index is 0.125. The summed E-state index contributed by atoms with van der Waals surface area (Å²) >= 11 is 5.76. The first-order chi connectivity index (χ1) is 11.4. The SMILES string of the molecule is CCOC(=O)C1CC(=O)N(CCNc2ccc(Cl)cc2[N+](=O)[O-])C1. The van der Waals surface area contributed by atoms with Gasteiger partial charge in [0.2, 0.25) is 5.91 Å². The molecule has 1 saturated heterocycles. The van der Waals surface area contributed by atoms with E-state index in [0.29, 0.717) is 25.3 Å². The number of hydrogen-bond donors (Lipinski definition) is 1. The van der Waals surface area contributed by atoms with Gasteiger partial charge >= 0.3 is 5.97 Å². The van der Waals surface area contributed by atoms with Gasteiger partial charge in [-0.1, -0.05) is 11.6 Å². The third-order valence-corrected chi connectivity index (χ3v) is 3.92. The van der Waals surface area contributed by atoms with E-state index < -0.39 is 10.8 Å². The Morgan fingerprint density at radius 3 is 2.96 bits per heavy atom. The van der Waals surface area contributed by atoms with Gasteiger partial charge in [0.1, 0.15) is 5.69 Å². The van der Waals surface area contributed by atoms with Crippen molar-refractivity contribution in [3.8, 4) is 0 Å². The Balaban J connectivity index is 1.90. The molecule has 1 amide bonds. The molecule has 1 aromatic carbocycles. The number of hydrogen-bond acceptors (Lipinski definition) is 6. The first-order valence-corrected chi connectivity index (χ1v) is 7.92. The zero-order valence-electron chi connectivity index (χ0n) is 13.2. The average molecular weight is 356 g/mol. The molecule has 1 aromatic rings. The van der Waals surface area contributed by atoms with E-state index in [-0.39, 0.29) is 35.6 Å². The molecular formula is C15H18ClN3O5. The van der Waals surface area contributed by atoms with Crippen molar-refractivity contribution in [2.75, 3.05) is 31.6 Å². The molecule has 1 fully saturated rings. The molecule has 1 heterocycles. The van der Waals surface area contributed by atoms with Crippen molar-refractivity contribution in [1.82, 2.24) is 4.90 Å². The normalized spacial score (nSPS) is 17.0. The Morgan fingerprint density at radius 1 is 1.54 bits per heavy atom. The van der Waals surface area contributed by atoms with Gasteiger partial charge in [-0.2, -0.15) is 0 Å². The fourth-order valence-corrected chi connectivity index (χ4v) is 2.70. The molecule has 0 spiro atoms. The standard InChI is InChI=1S/C15H18ClN3O5/c1-2-24-15(21)10-7-14(20)18(9-10)6-5-17-12-4-3-11(16)8-13(12)19(22)23/h3-4,8,10,17H,2,5-7,9H2,1H3. The summed E-state index contributed by atoms with van der Waals surface area (Å²) in [7, 11) is 0. The van der Waals surface area contributed by atoms with Crippen LogP contribution in [0.2, 0.25) is 5.02 Å². The van der Waals surface area contributed by atoms with Gasteiger partial charge in [-0.05, 0) is 19.1 Å². The van der Waals surface area contributed by atoms with Crippen LogP contribution in [0.3, 0.4) is 0 Å². The first-order valence-electron chi connectivity index (χ1n) is 7.54. The van der Waals surface area contributed by atoms with Gasteiger partial charge in [0.05, 0.1) is 17.4 Å². The quantitative estimate of drug-likeness (QED) is 0.456. The van der Waals surface area contributed by atoms with Gasteiger partial charge in [-0.25, -0.2) is 0 Å². The molecule has 9 heteroatoms. The molecule has 130 valence electrons. The molecule has 1 unspecified atom stereocenters. The van der Waals surface area contributed by atoms with Crippen LogP contribution in [-0.4, -0.2) is 47.9 Å². The van der Waals surface area contributed by atoms with Gasteiger partial charge in [0, 0.05) is 37.1 Å². The molecule has 24 heavy (non-hydrogen) atoms. The maximum atomic E-state index is 11.9. The number of amides is 1. The molecule has 0 saturated carbocycles. The lowest BCUT2D eigenvalue weighted by Gasteiger charge is -2.17. The number of anilines is 1. The van der Waals surface area contributed by atoms with E-state index in [2.05, 4.69) is 5.32 Å². The highest BCUT2D eigenvalue weighted by molar-refractivity contribution is 6.30. The number of ether oxygens (including phenoxy) is 1. The number of likely N-dealkylation sites (tertiary alicyclic amines) is 1. The van der Waals surface area contributed by atoms with Crippen molar-refractivity contribution in [2.45, 2.75) is 13.3 Å². The Morgan fingerprint density at radius 2 is 2.29 bits per heavy atom. The topological polar surface area (TPSA) is 102 Å². The smallest absolute Gasteiger partial charge is 0.311 e. The summed E-state index contributed by atoms with van der Waals surface area (Å²) in [5, 5.41) is 14.2. The summed E-state index contributed by atoms with van der Waals surface area (Å²) < 4.78 is 4.93. The number of esters is 1. The monoisotopic (exact) mass is 355 g/mol. The predicted octanol–water partition coefficient (Wildman–Crippen LogP) is 2.07. The third kappa shape index (κ3) is 4.35. The van der Waals surface area contributed by atoms with Crippen molar-refractivity contribution in [1.29, 1.82) is 0 Å². The molecule has 0 aromatic heterocycles. The maximum absolute atomic E-state index is 11.9. The minimum Gasteiger partial charge on any atom is -0.466 e. The lowest BCUT2D eigenvalue weighted by molar-refractivity contribution is -0.383. The third-order valence-electron chi connectivity index (χ3n) is 3.69. The van der Waals surface area contributed by atoms with E-state index in [4.69, 9.17) is 16.3 Å². The molecule has 0 radical (unpaired) electrons. The van der Waals surface area contributed by atoms with Crippen LogP contribution in [-0.2, 0) is 14.3 Å². The van der Waals surface area contributed by atoms with Crippen molar-refractivity contribution in [2.24, 2.45) is 5.92 Å². The number of benzene rings is 1. The zero-order chi connectivity index (χ0) is 17.7. The van der Waals surface area contributed by atoms with E-state index in [0.717, 1.165) is 0 Å². The molecule has 0 bridgehead atoms. The van der Waals surface area contributed by atoms with Gasteiger partial charge in [0.25, 0.3) is 5.69 Å². The Bertz CT molecular complexity index is 652. The number of rotatable bonds is 7. The Kier molecular flexibility index (Phi) is 5.97. The number of nitro benzene ring substituents is 1. The van der Waals surface area contributed by atoms with Crippen LogP contribution in [0.1, 0.15) is 13.3 Å². The fourth-order valence-electron chi connectivity index (χ4n) is 2.54. The summed E-state index contributed by atoms with van der Waals surface area (Å²) in [4.78, 5) is 35.6. The van der Waals surface area contributed by atoms with Crippen molar-refractivity contribution in [3.05, 3.63) is 33.3 Å². The van der Waals surface area contributed by atoms with Gasteiger partial charge in [-0.3, -0.25) is 19.7 Å². The molecular weight excluding hydrogens is 338 g/mol. The molecule has 0 aliphatic carbocycles. The molecule has 1 atom stereocenters. The average Bonchev–Trinajstić information content (AvgIpc) is 2.90. The number of carbonyl (C=O) groups is 2. The first kappa shape index (κ1) is 18.0. The van der Waals surface area contributed by atoms with Gasteiger partial charge in [-0.15, -0.1) is 0 Å². The van der Waals surface area contributed by atoms with Crippen LogP contribution in [0.5, 0.6) is 0 Å². The second kappa shape index (κ2) is 7.96. The van der Waals surface area contributed by atoms with Crippen LogP contribution in [0.15, 0.2) is 18.2 Å². The van der Waals surface area contributed by atoms with Crippen LogP contribution in [0.4, 0.5) is 11.4 Å². The van der Waals surface area contributed by atoms with Crippen molar-refractivity contribution < 1.29 is 19.2 Å². The number of nitrogens with zero attached hydrogens (tertiary/aromatic N) is 2. The minimum atomic E-state index is -0.522. The second-order valence-corrected chi connectivity index (χ2v) is 5.77.